The fourth-order valence-corrected chi connectivity index (χ4v) is 2.34. The van der Waals surface area contributed by atoms with Crippen molar-refractivity contribution in [1.29, 1.82) is 0 Å². The normalized spacial score (nSPS) is 10.2. The number of nitrogens with zero attached hydrogens (tertiary/aromatic N) is 1. The average molecular weight is 318 g/mol. The van der Waals surface area contributed by atoms with Gasteiger partial charge in [-0.1, -0.05) is 42.5 Å². The smallest absolute Gasteiger partial charge is 0.254 e. The van der Waals surface area contributed by atoms with Gasteiger partial charge in [0.2, 0.25) is 0 Å². The maximum Gasteiger partial charge on any atom is 0.254 e. The Labute approximate surface area is 122 Å². The van der Waals surface area contributed by atoms with Gasteiger partial charge in [0.25, 0.3) is 5.91 Å². The van der Waals surface area contributed by atoms with Gasteiger partial charge in [-0.05, 0) is 40.0 Å². The van der Waals surface area contributed by atoms with E-state index in [-0.39, 0.29) is 5.91 Å². The number of halogens is 1. The molecule has 0 bridgehead atoms. The molecule has 0 saturated carbocycles. The van der Waals surface area contributed by atoms with Crippen molar-refractivity contribution < 1.29 is 4.79 Å². The van der Waals surface area contributed by atoms with Crippen LogP contribution < -0.4 is 0 Å². The number of hydrogen-bond donors (Lipinski definition) is 0. The van der Waals surface area contributed by atoms with Crippen molar-refractivity contribution in [2.45, 2.75) is 6.42 Å². The zero-order valence-electron chi connectivity index (χ0n) is 10.8. The first kappa shape index (κ1) is 13.8. The Kier molecular flexibility index (Phi) is 4.74. The first-order chi connectivity index (χ1) is 9.18. The predicted molar refractivity (Wildman–Crippen MR) is 81.2 cm³/mol. The van der Waals surface area contributed by atoms with Gasteiger partial charge in [0.15, 0.2) is 0 Å². The lowest BCUT2D eigenvalue weighted by molar-refractivity contribution is 0.0796. The Hall–Kier alpha value is -1.61. The molecular weight excluding hydrogens is 302 g/mol. The molecule has 2 nitrogen and oxygen atoms in total. The monoisotopic (exact) mass is 317 g/mol. The Bertz CT molecular complexity index is 554. The number of rotatable bonds is 4. The molecule has 0 aliphatic carbocycles. The summed E-state index contributed by atoms with van der Waals surface area (Å²) in [7, 11) is 1.84. The summed E-state index contributed by atoms with van der Waals surface area (Å²) in [5.41, 5.74) is 1.95. The van der Waals surface area contributed by atoms with Crippen LogP contribution in [0.15, 0.2) is 59.1 Å². The van der Waals surface area contributed by atoms with Crippen LogP contribution in [0.1, 0.15) is 15.9 Å². The summed E-state index contributed by atoms with van der Waals surface area (Å²) in [6.45, 7) is 0.712. The third-order valence-electron chi connectivity index (χ3n) is 3.03. The van der Waals surface area contributed by atoms with Gasteiger partial charge in [0.1, 0.15) is 0 Å². The quantitative estimate of drug-likeness (QED) is 0.840. The molecule has 0 aromatic heterocycles. The van der Waals surface area contributed by atoms with Gasteiger partial charge in [-0.3, -0.25) is 4.79 Å². The number of carbonyl (C=O) groups excluding carboxylic acids is 1. The molecule has 3 heteroatoms. The highest BCUT2D eigenvalue weighted by molar-refractivity contribution is 9.10. The largest absolute Gasteiger partial charge is 0.341 e. The first-order valence-corrected chi connectivity index (χ1v) is 7.01. The highest BCUT2D eigenvalue weighted by Gasteiger charge is 2.13. The van der Waals surface area contributed by atoms with E-state index in [1.54, 1.807) is 4.90 Å². The molecule has 0 atom stereocenters. The van der Waals surface area contributed by atoms with Gasteiger partial charge in [0, 0.05) is 18.1 Å². The van der Waals surface area contributed by atoms with Crippen molar-refractivity contribution in [1.82, 2.24) is 4.90 Å². The highest BCUT2D eigenvalue weighted by Crippen LogP contribution is 2.17. The molecule has 0 radical (unpaired) electrons. The third kappa shape index (κ3) is 3.67. The minimum atomic E-state index is 0.0448. The summed E-state index contributed by atoms with van der Waals surface area (Å²) in [6.07, 6.45) is 0.869. The zero-order chi connectivity index (χ0) is 13.7. The molecule has 2 aromatic carbocycles. The minimum Gasteiger partial charge on any atom is -0.341 e. The molecule has 2 rings (SSSR count). The van der Waals surface area contributed by atoms with Crippen molar-refractivity contribution in [2.24, 2.45) is 0 Å². The number of hydrogen-bond acceptors (Lipinski definition) is 1. The van der Waals surface area contributed by atoms with Gasteiger partial charge in [-0.25, -0.2) is 0 Å². The van der Waals surface area contributed by atoms with Crippen molar-refractivity contribution in [3.8, 4) is 0 Å². The lowest BCUT2D eigenvalue weighted by Gasteiger charge is -2.18. The van der Waals surface area contributed by atoms with Crippen LogP contribution in [0.2, 0.25) is 0 Å². The van der Waals surface area contributed by atoms with Gasteiger partial charge < -0.3 is 4.90 Å². The summed E-state index contributed by atoms with van der Waals surface area (Å²) in [4.78, 5) is 14.0. The van der Waals surface area contributed by atoms with Gasteiger partial charge in [-0.15, -0.1) is 0 Å². The summed E-state index contributed by atoms with van der Waals surface area (Å²) < 4.78 is 0.839. The second-order valence-electron chi connectivity index (χ2n) is 4.44. The molecule has 0 N–H and O–H groups in total. The molecule has 1 amide bonds. The fraction of sp³-hybridized carbons (Fsp3) is 0.188. The summed E-state index contributed by atoms with van der Waals surface area (Å²) in [5.74, 6) is 0.0448. The van der Waals surface area contributed by atoms with Crippen LogP contribution in [0, 0.1) is 0 Å². The lowest BCUT2D eigenvalue weighted by atomic mass is 10.1. The van der Waals surface area contributed by atoms with Crippen LogP contribution in [0.3, 0.4) is 0 Å². The minimum absolute atomic E-state index is 0.0448. The maximum atomic E-state index is 12.3. The van der Waals surface area contributed by atoms with E-state index in [2.05, 4.69) is 28.1 Å². The molecule has 0 heterocycles. The molecule has 2 aromatic rings. The molecule has 98 valence electrons. The summed E-state index contributed by atoms with van der Waals surface area (Å²) >= 11 is 3.41. The SMILES string of the molecule is CN(CCc1ccccc1)C(=O)c1ccccc1Br. The van der Waals surface area contributed by atoms with E-state index in [9.17, 15) is 4.79 Å². The molecule has 0 saturated heterocycles. The predicted octanol–water partition coefficient (Wildman–Crippen LogP) is 3.76. The van der Waals surface area contributed by atoms with Crippen LogP contribution in [0.25, 0.3) is 0 Å². The molecule has 0 aliphatic rings. The standard InChI is InChI=1S/C16H16BrNO/c1-18(12-11-13-7-3-2-4-8-13)16(19)14-9-5-6-10-15(14)17/h2-10H,11-12H2,1H3. The molecule has 0 fully saturated rings. The summed E-state index contributed by atoms with van der Waals surface area (Å²) in [5, 5.41) is 0. The number of benzene rings is 2. The Morgan fingerprint density at radius 2 is 1.68 bits per heavy atom. The van der Waals surface area contributed by atoms with E-state index >= 15 is 0 Å². The second kappa shape index (κ2) is 6.53. The second-order valence-corrected chi connectivity index (χ2v) is 5.30. The van der Waals surface area contributed by atoms with Gasteiger partial charge in [-0.2, -0.15) is 0 Å². The number of carbonyl (C=O) groups is 1. The number of amides is 1. The van der Waals surface area contributed by atoms with Crippen molar-refractivity contribution in [3.63, 3.8) is 0 Å². The Morgan fingerprint density at radius 3 is 2.37 bits per heavy atom. The fourth-order valence-electron chi connectivity index (χ4n) is 1.88. The van der Waals surface area contributed by atoms with Crippen molar-refractivity contribution >= 4 is 21.8 Å². The molecule has 0 unspecified atom stereocenters. The number of likely N-dealkylation sites (N-methyl/N-ethyl adjacent to an activating group) is 1. The topological polar surface area (TPSA) is 20.3 Å². The van der Waals surface area contributed by atoms with Gasteiger partial charge in [0.05, 0.1) is 5.56 Å². The van der Waals surface area contributed by atoms with Crippen LogP contribution in [-0.4, -0.2) is 24.4 Å². The van der Waals surface area contributed by atoms with Gasteiger partial charge >= 0.3 is 0 Å². The van der Waals surface area contributed by atoms with E-state index in [0.717, 1.165) is 10.9 Å². The van der Waals surface area contributed by atoms with Crippen LogP contribution >= 0.6 is 15.9 Å². The van der Waals surface area contributed by atoms with Crippen LogP contribution in [-0.2, 0) is 6.42 Å². The zero-order valence-corrected chi connectivity index (χ0v) is 12.4. The third-order valence-corrected chi connectivity index (χ3v) is 3.72. The first-order valence-electron chi connectivity index (χ1n) is 6.22. The van der Waals surface area contributed by atoms with E-state index < -0.39 is 0 Å². The van der Waals surface area contributed by atoms with E-state index in [1.807, 2.05) is 49.5 Å². The molecule has 0 spiro atoms. The van der Waals surface area contributed by atoms with E-state index in [1.165, 1.54) is 5.56 Å². The molecule has 0 aliphatic heterocycles. The molecule has 19 heavy (non-hydrogen) atoms. The lowest BCUT2D eigenvalue weighted by Crippen LogP contribution is -2.29. The van der Waals surface area contributed by atoms with Crippen LogP contribution in [0.4, 0.5) is 0 Å². The average Bonchev–Trinajstić information content (AvgIpc) is 2.45. The summed E-state index contributed by atoms with van der Waals surface area (Å²) in [6, 6.07) is 17.7. The highest BCUT2D eigenvalue weighted by atomic mass is 79.9. The van der Waals surface area contributed by atoms with Crippen molar-refractivity contribution in [2.75, 3.05) is 13.6 Å². The Morgan fingerprint density at radius 1 is 1.05 bits per heavy atom. The Balaban J connectivity index is 1.99. The van der Waals surface area contributed by atoms with E-state index in [0.29, 0.717) is 12.1 Å². The van der Waals surface area contributed by atoms with Crippen LogP contribution in [0.5, 0.6) is 0 Å². The van der Waals surface area contributed by atoms with Crippen molar-refractivity contribution in [3.05, 3.63) is 70.2 Å². The molecular formula is C16H16BrNO. The van der Waals surface area contributed by atoms with E-state index in [4.69, 9.17) is 0 Å². The maximum absolute atomic E-state index is 12.3.